The summed E-state index contributed by atoms with van der Waals surface area (Å²) in [4.78, 5) is 0. The molecule has 0 unspecified atom stereocenters. The van der Waals surface area contributed by atoms with E-state index in [0.717, 1.165) is 18.8 Å². The Bertz CT molecular complexity index is 342. The number of ether oxygens (including phenoxy) is 2. The van der Waals surface area contributed by atoms with Gasteiger partial charge in [0.2, 0.25) is 0 Å². The number of hydrogen-bond acceptors (Lipinski definition) is 4. The van der Waals surface area contributed by atoms with Crippen LogP contribution >= 0.6 is 0 Å². The molecule has 4 heteroatoms. The van der Waals surface area contributed by atoms with Crippen molar-refractivity contribution in [3.05, 3.63) is 29.3 Å². The minimum absolute atomic E-state index is 0.0518. The molecule has 0 atom stereocenters. The molecule has 0 radical (unpaired) electrons. The maximum Gasteiger partial charge on any atom is 0.123 e. The smallest absolute Gasteiger partial charge is 0.123 e. The van der Waals surface area contributed by atoms with Crippen LogP contribution in [-0.2, 0) is 11.3 Å². The Hall–Kier alpha value is -1.10. The van der Waals surface area contributed by atoms with E-state index >= 15 is 0 Å². The summed E-state index contributed by atoms with van der Waals surface area (Å²) in [5.41, 5.74) is 2.39. The van der Waals surface area contributed by atoms with Gasteiger partial charge in [-0.1, -0.05) is 24.6 Å². The third-order valence-corrected chi connectivity index (χ3v) is 2.50. The summed E-state index contributed by atoms with van der Waals surface area (Å²) < 4.78 is 10.8. The Balaban J connectivity index is 2.47. The fraction of sp³-hybridized carbons (Fsp3) is 0.571. The Kier molecular flexibility index (Phi) is 7.41. The van der Waals surface area contributed by atoms with E-state index in [1.165, 1.54) is 11.1 Å². The normalized spacial score (nSPS) is 10.6. The van der Waals surface area contributed by atoms with Gasteiger partial charge in [0.15, 0.2) is 0 Å². The molecule has 18 heavy (non-hydrogen) atoms. The molecule has 0 aliphatic heterocycles. The summed E-state index contributed by atoms with van der Waals surface area (Å²) in [6, 6.07) is 6.17. The van der Waals surface area contributed by atoms with E-state index in [-0.39, 0.29) is 6.61 Å². The number of aryl methyl sites for hydroxylation is 1. The lowest BCUT2D eigenvalue weighted by Gasteiger charge is -2.12. The van der Waals surface area contributed by atoms with Crippen LogP contribution in [0, 0.1) is 6.92 Å². The summed E-state index contributed by atoms with van der Waals surface area (Å²) in [6.07, 6.45) is 0. The van der Waals surface area contributed by atoms with Crippen LogP contribution in [0.4, 0.5) is 0 Å². The average molecular weight is 253 g/mol. The van der Waals surface area contributed by atoms with Gasteiger partial charge in [0.1, 0.15) is 12.4 Å². The maximum absolute atomic E-state index is 8.58. The predicted octanol–water partition coefficient (Wildman–Crippen LogP) is 1.49. The molecule has 2 N–H and O–H groups in total. The summed E-state index contributed by atoms with van der Waals surface area (Å²) in [7, 11) is 0. The van der Waals surface area contributed by atoms with Gasteiger partial charge >= 0.3 is 0 Å². The molecule has 0 amide bonds. The Morgan fingerprint density at radius 1 is 1.22 bits per heavy atom. The van der Waals surface area contributed by atoms with Crippen LogP contribution in [0.2, 0.25) is 0 Å². The fourth-order valence-corrected chi connectivity index (χ4v) is 1.62. The van der Waals surface area contributed by atoms with E-state index in [2.05, 4.69) is 25.2 Å². The van der Waals surface area contributed by atoms with Crippen molar-refractivity contribution in [3.8, 4) is 5.75 Å². The number of benzene rings is 1. The van der Waals surface area contributed by atoms with Gasteiger partial charge in [0.05, 0.1) is 19.8 Å². The lowest BCUT2D eigenvalue weighted by molar-refractivity contribution is 0.0703. The standard InChI is InChI=1S/C14H23NO3/c1-3-15-11-13-10-12(2)4-5-14(13)18-9-8-17-7-6-16/h4-5,10,15-16H,3,6-9,11H2,1-2H3. The second kappa shape index (κ2) is 8.91. The summed E-state index contributed by atoms with van der Waals surface area (Å²) in [5, 5.41) is 11.9. The quantitative estimate of drug-likeness (QED) is 0.655. The van der Waals surface area contributed by atoms with Crippen LogP contribution < -0.4 is 10.1 Å². The van der Waals surface area contributed by atoms with Crippen molar-refractivity contribution in [1.29, 1.82) is 0 Å². The van der Waals surface area contributed by atoms with Gasteiger partial charge in [-0.3, -0.25) is 0 Å². The number of nitrogens with one attached hydrogen (secondary N) is 1. The van der Waals surface area contributed by atoms with Gasteiger partial charge in [0, 0.05) is 12.1 Å². The first-order valence-corrected chi connectivity index (χ1v) is 6.39. The predicted molar refractivity (Wildman–Crippen MR) is 72.0 cm³/mol. The second-order valence-electron chi connectivity index (χ2n) is 4.08. The molecule has 1 rings (SSSR count). The lowest BCUT2D eigenvalue weighted by atomic mass is 10.1. The van der Waals surface area contributed by atoms with E-state index in [0.29, 0.717) is 19.8 Å². The Morgan fingerprint density at radius 3 is 2.78 bits per heavy atom. The molecular formula is C14H23NO3. The van der Waals surface area contributed by atoms with Crippen LogP contribution in [0.3, 0.4) is 0 Å². The molecule has 0 saturated carbocycles. The molecule has 0 aliphatic rings. The summed E-state index contributed by atoms with van der Waals surface area (Å²) >= 11 is 0. The van der Waals surface area contributed by atoms with Crippen molar-refractivity contribution in [2.75, 3.05) is 33.0 Å². The Labute approximate surface area is 109 Å². The number of aliphatic hydroxyl groups is 1. The van der Waals surface area contributed by atoms with Gasteiger partial charge < -0.3 is 19.9 Å². The lowest BCUT2D eigenvalue weighted by Crippen LogP contribution is -2.14. The largest absolute Gasteiger partial charge is 0.491 e. The van der Waals surface area contributed by atoms with Crippen molar-refractivity contribution in [3.63, 3.8) is 0 Å². The fourth-order valence-electron chi connectivity index (χ4n) is 1.62. The first-order valence-electron chi connectivity index (χ1n) is 6.39. The first kappa shape index (κ1) is 15.0. The molecule has 1 aromatic carbocycles. The van der Waals surface area contributed by atoms with E-state index in [1.54, 1.807) is 0 Å². The first-order chi connectivity index (χ1) is 8.77. The van der Waals surface area contributed by atoms with Crippen LogP contribution in [0.25, 0.3) is 0 Å². The van der Waals surface area contributed by atoms with Gasteiger partial charge in [0.25, 0.3) is 0 Å². The van der Waals surface area contributed by atoms with Crippen molar-refractivity contribution in [2.45, 2.75) is 20.4 Å². The number of aliphatic hydroxyl groups excluding tert-OH is 1. The summed E-state index contributed by atoms with van der Waals surface area (Å²) in [5.74, 6) is 0.897. The highest BCUT2D eigenvalue weighted by atomic mass is 16.5. The SMILES string of the molecule is CCNCc1cc(C)ccc1OCCOCCO. The van der Waals surface area contributed by atoms with E-state index in [4.69, 9.17) is 14.6 Å². The van der Waals surface area contributed by atoms with Gasteiger partial charge in [-0.05, 0) is 19.5 Å². The van der Waals surface area contributed by atoms with Crippen LogP contribution in [-0.4, -0.2) is 38.1 Å². The number of hydrogen-bond donors (Lipinski definition) is 2. The Morgan fingerprint density at radius 2 is 2.06 bits per heavy atom. The van der Waals surface area contributed by atoms with E-state index in [1.807, 2.05) is 12.1 Å². The molecule has 0 spiro atoms. The van der Waals surface area contributed by atoms with Crippen LogP contribution in [0.15, 0.2) is 18.2 Å². The molecule has 4 nitrogen and oxygen atoms in total. The average Bonchev–Trinajstić information content (AvgIpc) is 2.38. The molecular weight excluding hydrogens is 230 g/mol. The van der Waals surface area contributed by atoms with Crippen LogP contribution in [0.1, 0.15) is 18.1 Å². The molecule has 0 aliphatic carbocycles. The maximum atomic E-state index is 8.58. The zero-order chi connectivity index (χ0) is 13.2. The third-order valence-electron chi connectivity index (χ3n) is 2.50. The van der Waals surface area contributed by atoms with Gasteiger partial charge in [-0.25, -0.2) is 0 Å². The molecule has 0 heterocycles. The molecule has 0 fully saturated rings. The van der Waals surface area contributed by atoms with Crippen molar-refractivity contribution < 1.29 is 14.6 Å². The zero-order valence-electron chi connectivity index (χ0n) is 11.2. The summed E-state index contributed by atoms with van der Waals surface area (Å²) in [6.45, 7) is 7.32. The van der Waals surface area contributed by atoms with Gasteiger partial charge in [-0.15, -0.1) is 0 Å². The molecule has 0 bridgehead atoms. The molecule has 102 valence electrons. The minimum Gasteiger partial charge on any atom is -0.491 e. The van der Waals surface area contributed by atoms with E-state index < -0.39 is 0 Å². The topological polar surface area (TPSA) is 50.7 Å². The highest BCUT2D eigenvalue weighted by molar-refractivity contribution is 5.36. The highest BCUT2D eigenvalue weighted by Gasteiger charge is 2.03. The van der Waals surface area contributed by atoms with Crippen molar-refractivity contribution in [2.24, 2.45) is 0 Å². The van der Waals surface area contributed by atoms with Crippen molar-refractivity contribution >= 4 is 0 Å². The molecule has 0 saturated heterocycles. The highest BCUT2D eigenvalue weighted by Crippen LogP contribution is 2.19. The number of rotatable bonds is 9. The van der Waals surface area contributed by atoms with E-state index in [9.17, 15) is 0 Å². The van der Waals surface area contributed by atoms with Crippen molar-refractivity contribution in [1.82, 2.24) is 5.32 Å². The zero-order valence-corrected chi connectivity index (χ0v) is 11.2. The third kappa shape index (κ3) is 5.49. The monoisotopic (exact) mass is 253 g/mol. The second-order valence-corrected chi connectivity index (χ2v) is 4.08. The van der Waals surface area contributed by atoms with Crippen LogP contribution in [0.5, 0.6) is 5.75 Å². The molecule has 1 aromatic rings. The van der Waals surface area contributed by atoms with Gasteiger partial charge in [-0.2, -0.15) is 0 Å². The molecule has 0 aromatic heterocycles. The minimum atomic E-state index is 0.0518.